The number of rotatable bonds is 5. The summed E-state index contributed by atoms with van der Waals surface area (Å²) in [6.07, 6.45) is 0. The minimum Gasteiger partial charge on any atom is -0.462 e. The molecule has 1 aromatic carbocycles. The largest absolute Gasteiger partial charge is 0.462 e. The zero-order valence-electron chi connectivity index (χ0n) is 11.6. The maximum atomic E-state index is 12.1. The number of anilines is 1. The molecule has 0 aliphatic rings. The van der Waals surface area contributed by atoms with E-state index in [1.807, 2.05) is 6.92 Å². The Morgan fingerprint density at radius 3 is 2.38 bits per heavy atom. The molecule has 0 aliphatic heterocycles. The maximum absolute atomic E-state index is 12.1. The highest BCUT2D eigenvalue weighted by Crippen LogP contribution is 2.23. The van der Waals surface area contributed by atoms with Gasteiger partial charge in [-0.15, -0.1) is 11.3 Å². The normalized spacial score (nSPS) is 11.1. The zero-order chi connectivity index (χ0) is 15.5. The maximum Gasteiger partial charge on any atom is 0.338 e. The monoisotopic (exact) mass is 325 g/mol. The Bertz CT molecular complexity index is 733. The third kappa shape index (κ3) is 3.83. The number of ether oxygens (including phenoxy) is 1. The number of hydrogen-bond donors (Lipinski definition) is 1. The number of hydrogen-bond acceptors (Lipinski definition) is 5. The third-order valence-corrected chi connectivity index (χ3v) is 5.50. The Morgan fingerprint density at radius 2 is 1.86 bits per heavy atom. The van der Waals surface area contributed by atoms with Gasteiger partial charge in [0.25, 0.3) is 10.0 Å². The second-order valence-electron chi connectivity index (χ2n) is 4.27. The molecule has 21 heavy (non-hydrogen) atoms. The first-order valence-electron chi connectivity index (χ1n) is 6.29. The smallest absolute Gasteiger partial charge is 0.338 e. The van der Waals surface area contributed by atoms with Crippen LogP contribution in [0.3, 0.4) is 0 Å². The summed E-state index contributed by atoms with van der Waals surface area (Å²) in [6, 6.07) is 9.43. The van der Waals surface area contributed by atoms with Crippen molar-refractivity contribution in [3.63, 3.8) is 0 Å². The summed E-state index contributed by atoms with van der Waals surface area (Å²) in [5.74, 6) is -0.430. The lowest BCUT2D eigenvalue weighted by Crippen LogP contribution is -2.11. The predicted octanol–water partition coefficient (Wildman–Crippen LogP) is 3.03. The van der Waals surface area contributed by atoms with Crippen LogP contribution in [-0.4, -0.2) is 21.0 Å². The number of thiophene rings is 1. The van der Waals surface area contributed by atoms with Crippen molar-refractivity contribution in [1.82, 2.24) is 0 Å². The van der Waals surface area contributed by atoms with Gasteiger partial charge in [0.1, 0.15) is 4.21 Å². The molecule has 1 heterocycles. The molecule has 0 amide bonds. The highest BCUT2D eigenvalue weighted by Gasteiger charge is 2.16. The van der Waals surface area contributed by atoms with Crippen molar-refractivity contribution in [2.75, 3.05) is 11.3 Å². The molecule has 0 spiro atoms. The third-order valence-electron chi connectivity index (χ3n) is 2.63. The van der Waals surface area contributed by atoms with E-state index in [0.29, 0.717) is 17.9 Å². The van der Waals surface area contributed by atoms with Gasteiger partial charge in [0.05, 0.1) is 12.2 Å². The van der Waals surface area contributed by atoms with Gasteiger partial charge in [0.15, 0.2) is 0 Å². The van der Waals surface area contributed by atoms with Crippen LogP contribution >= 0.6 is 11.3 Å². The van der Waals surface area contributed by atoms with Gasteiger partial charge >= 0.3 is 5.97 Å². The van der Waals surface area contributed by atoms with Crippen molar-refractivity contribution >= 4 is 33.0 Å². The highest BCUT2D eigenvalue weighted by atomic mass is 32.2. The van der Waals surface area contributed by atoms with Crippen LogP contribution in [0.25, 0.3) is 0 Å². The van der Waals surface area contributed by atoms with Crippen LogP contribution in [0.15, 0.2) is 40.6 Å². The van der Waals surface area contributed by atoms with E-state index in [1.54, 1.807) is 19.1 Å². The molecular formula is C14H15NO4S2. The highest BCUT2D eigenvalue weighted by molar-refractivity contribution is 7.94. The number of carbonyl (C=O) groups excluding carboxylic acids is 1. The number of nitrogens with one attached hydrogen (secondary N) is 1. The molecule has 0 saturated carbocycles. The van der Waals surface area contributed by atoms with Crippen LogP contribution < -0.4 is 4.72 Å². The van der Waals surface area contributed by atoms with E-state index >= 15 is 0 Å². The molecule has 0 radical (unpaired) electrons. The summed E-state index contributed by atoms with van der Waals surface area (Å²) >= 11 is 1.20. The number of benzene rings is 1. The Hall–Kier alpha value is -1.86. The lowest BCUT2D eigenvalue weighted by Gasteiger charge is -2.07. The van der Waals surface area contributed by atoms with E-state index in [1.165, 1.54) is 35.6 Å². The molecule has 2 rings (SSSR count). The van der Waals surface area contributed by atoms with E-state index in [9.17, 15) is 13.2 Å². The molecule has 112 valence electrons. The van der Waals surface area contributed by atoms with Crippen molar-refractivity contribution in [2.24, 2.45) is 0 Å². The molecule has 0 bridgehead atoms. The van der Waals surface area contributed by atoms with Gasteiger partial charge in [-0.3, -0.25) is 4.72 Å². The Labute approximate surface area is 127 Å². The molecule has 0 saturated heterocycles. The number of sulfonamides is 1. The fourth-order valence-electron chi connectivity index (χ4n) is 1.65. The first kappa shape index (κ1) is 15.5. The average Bonchev–Trinajstić information content (AvgIpc) is 2.87. The van der Waals surface area contributed by atoms with Gasteiger partial charge in [0.2, 0.25) is 0 Å². The zero-order valence-corrected chi connectivity index (χ0v) is 13.3. The van der Waals surface area contributed by atoms with Crippen LogP contribution in [-0.2, 0) is 14.8 Å². The summed E-state index contributed by atoms with van der Waals surface area (Å²) in [5.41, 5.74) is 0.779. The molecule has 1 aromatic heterocycles. The van der Waals surface area contributed by atoms with Gasteiger partial charge in [-0.05, 0) is 50.2 Å². The van der Waals surface area contributed by atoms with Crippen LogP contribution in [0, 0.1) is 6.92 Å². The van der Waals surface area contributed by atoms with Crippen LogP contribution in [0.1, 0.15) is 22.2 Å². The van der Waals surface area contributed by atoms with Crippen LogP contribution in [0.5, 0.6) is 0 Å². The Kier molecular flexibility index (Phi) is 4.64. The number of esters is 1. The van der Waals surface area contributed by atoms with Crippen molar-refractivity contribution in [3.8, 4) is 0 Å². The van der Waals surface area contributed by atoms with Gasteiger partial charge in [0, 0.05) is 10.6 Å². The molecule has 0 atom stereocenters. The van der Waals surface area contributed by atoms with Gasteiger partial charge in [-0.25, -0.2) is 13.2 Å². The number of carbonyl (C=O) groups is 1. The van der Waals surface area contributed by atoms with Crippen molar-refractivity contribution in [1.29, 1.82) is 0 Å². The van der Waals surface area contributed by atoms with E-state index in [0.717, 1.165) is 4.88 Å². The van der Waals surface area contributed by atoms with Crippen molar-refractivity contribution in [2.45, 2.75) is 18.1 Å². The summed E-state index contributed by atoms with van der Waals surface area (Å²) < 4.78 is 31.9. The molecule has 2 aromatic rings. The fourth-order valence-corrected chi connectivity index (χ4v) is 3.99. The molecule has 0 aliphatic carbocycles. The molecule has 1 N–H and O–H groups in total. The first-order valence-corrected chi connectivity index (χ1v) is 8.59. The lowest BCUT2D eigenvalue weighted by molar-refractivity contribution is 0.0526. The van der Waals surface area contributed by atoms with Crippen LogP contribution in [0.2, 0.25) is 0 Å². The Morgan fingerprint density at radius 1 is 1.19 bits per heavy atom. The summed E-state index contributed by atoms with van der Waals surface area (Å²) in [6.45, 7) is 3.87. The number of aryl methyl sites for hydroxylation is 1. The van der Waals surface area contributed by atoms with E-state index in [4.69, 9.17) is 4.74 Å². The second kappa shape index (κ2) is 6.28. The van der Waals surface area contributed by atoms with E-state index < -0.39 is 16.0 Å². The minimum absolute atomic E-state index is 0.259. The van der Waals surface area contributed by atoms with Crippen molar-refractivity contribution in [3.05, 3.63) is 46.8 Å². The molecule has 0 unspecified atom stereocenters. The first-order chi connectivity index (χ1) is 9.92. The predicted molar refractivity (Wildman–Crippen MR) is 82.3 cm³/mol. The minimum atomic E-state index is -3.58. The van der Waals surface area contributed by atoms with Crippen LogP contribution in [0.4, 0.5) is 5.69 Å². The Balaban J connectivity index is 2.15. The van der Waals surface area contributed by atoms with Gasteiger partial charge in [-0.2, -0.15) is 0 Å². The average molecular weight is 325 g/mol. The standard InChI is InChI=1S/C14H15NO4S2/c1-3-19-14(16)11-5-7-12(8-6-11)15-21(17,18)13-9-4-10(2)20-13/h4-9,15H,3H2,1-2H3. The lowest BCUT2D eigenvalue weighted by atomic mass is 10.2. The quantitative estimate of drug-likeness (QED) is 0.858. The molecule has 0 fully saturated rings. The van der Waals surface area contributed by atoms with E-state index in [2.05, 4.69) is 4.72 Å². The summed E-state index contributed by atoms with van der Waals surface area (Å²) in [5, 5.41) is 0. The topological polar surface area (TPSA) is 72.5 Å². The SMILES string of the molecule is CCOC(=O)c1ccc(NS(=O)(=O)c2ccc(C)s2)cc1. The summed E-state index contributed by atoms with van der Waals surface area (Å²) in [7, 11) is -3.58. The molecular weight excluding hydrogens is 310 g/mol. The van der Waals surface area contributed by atoms with Crippen molar-refractivity contribution < 1.29 is 17.9 Å². The molecule has 5 nitrogen and oxygen atoms in total. The van der Waals surface area contributed by atoms with E-state index in [-0.39, 0.29) is 4.21 Å². The fraction of sp³-hybridized carbons (Fsp3) is 0.214. The summed E-state index contributed by atoms with van der Waals surface area (Å²) in [4.78, 5) is 12.4. The second-order valence-corrected chi connectivity index (χ2v) is 7.47. The van der Waals surface area contributed by atoms with Gasteiger partial charge in [-0.1, -0.05) is 0 Å². The molecule has 7 heteroatoms. The van der Waals surface area contributed by atoms with Gasteiger partial charge < -0.3 is 4.74 Å².